The molecule has 0 saturated heterocycles. The number of carbonyl (C=O) groups excluding carboxylic acids is 1. The Morgan fingerprint density at radius 3 is 2.50 bits per heavy atom. The van der Waals surface area contributed by atoms with Crippen molar-refractivity contribution >= 4 is 29.4 Å². The molecular weight excluding hydrogens is 276 g/mol. The number of amides is 2. The van der Waals surface area contributed by atoms with Crippen LogP contribution < -0.4 is 10.6 Å². The molecule has 0 spiro atoms. The van der Waals surface area contributed by atoms with Crippen LogP contribution in [0.3, 0.4) is 0 Å². The lowest BCUT2D eigenvalue weighted by atomic mass is 10.1. The van der Waals surface area contributed by atoms with Gasteiger partial charge < -0.3 is 15.7 Å². The molecule has 20 heavy (non-hydrogen) atoms. The number of anilines is 1. The summed E-state index contributed by atoms with van der Waals surface area (Å²) in [6.07, 6.45) is 3.32. The molecule has 1 unspecified atom stereocenters. The second kappa shape index (κ2) is 8.47. The van der Waals surface area contributed by atoms with Crippen LogP contribution in [0.1, 0.15) is 26.2 Å². The van der Waals surface area contributed by atoms with E-state index in [-0.39, 0.29) is 18.5 Å². The first kappa shape index (κ1) is 16.4. The Balaban J connectivity index is 2.32. The van der Waals surface area contributed by atoms with Gasteiger partial charge in [0.2, 0.25) is 0 Å². The summed E-state index contributed by atoms with van der Waals surface area (Å²) >= 11 is 1.64. The van der Waals surface area contributed by atoms with Crippen molar-refractivity contribution in [2.45, 2.75) is 37.1 Å². The number of benzene rings is 1. The molecule has 1 rings (SSSR count). The van der Waals surface area contributed by atoms with Crippen molar-refractivity contribution in [2.24, 2.45) is 0 Å². The van der Waals surface area contributed by atoms with E-state index in [1.165, 1.54) is 0 Å². The van der Waals surface area contributed by atoms with E-state index in [9.17, 15) is 9.59 Å². The minimum absolute atomic E-state index is 0.0557. The number of urea groups is 1. The van der Waals surface area contributed by atoms with Crippen LogP contribution in [0.5, 0.6) is 0 Å². The monoisotopic (exact) mass is 296 g/mol. The lowest BCUT2D eigenvalue weighted by Gasteiger charge is -2.14. The van der Waals surface area contributed by atoms with E-state index >= 15 is 0 Å². The molecule has 0 radical (unpaired) electrons. The first-order chi connectivity index (χ1) is 9.51. The van der Waals surface area contributed by atoms with Crippen molar-refractivity contribution in [3.63, 3.8) is 0 Å². The van der Waals surface area contributed by atoms with Gasteiger partial charge in [-0.1, -0.05) is 0 Å². The van der Waals surface area contributed by atoms with Crippen molar-refractivity contribution < 1.29 is 14.7 Å². The smallest absolute Gasteiger partial charge is 0.319 e. The molecule has 5 nitrogen and oxygen atoms in total. The van der Waals surface area contributed by atoms with E-state index in [4.69, 9.17) is 5.11 Å². The Morgan fingerprint density at radius 1 is 1.30 bits per heavy atom. The third-order valence-corrected chi connectivity index (χ3v) is 3.50. The number of carboxylic acid groups (broad SMARTS) is 1. The first-order valence-electron chi connectivity index (χ1n) is 6.44. The van der Waals surface area contributed by atoms with E-state index < -0.39 is 5.97 Å². The Labute approximate surface area is 123 Å². The van der Waals surface area contributed by atoms with E-state index in [1.807, 2.05) is 37.4 Å². The standard InChI is InChI=1S/C14H20N2O3S/c1-10(4-3-5-13(17)18)15-14(19)16-11-6-8-12(20-2)9-7-11/h6-10H,3-5H2,1-2H3,(H,17,18)(H2,15,16,19). The maximum absolute atomic E-state index is 11.7. The molecule has 6 heteroatoms. The summed E-state index contributed by atoms with van der Waals surface area (Å²) < 4.78 is 0. The van der Waals surface area contributed by atoms with Gasteiger partial charge in [0.05, 0.1) is 0 Å². The SMILES string of the molecule is CSc1ccc(NC(=O)NC(C)CCCC(=O)O)cc1. The highest BCUT2D eigenvalue weighted by Crippen LogP contribution is 2.17. The molecule has 0 aliphatic heterocycles. The summed E-state index contributed by atoms with van der Waals surface area (Å²) in [7, 11) is 0. The first-order valence-corrected chi connectivity index (χ1v) is 7.67. The number of rotatable bonds is 7. The molecule has 0 saturated carbocycles. The Hall–Kier alpha value is -1.69. The van der Waals surface area contributed by atoms with Gasteiger partial charge in [-0.15, -0.1) is 11.8 Å². The van der Waals surface area contributed by atoms with Gasteiger partial charge in [-0.05, 0) is 50.3 Å². The van der Waals surface area contributed by atoms with E-state index in [0.717, 1.165) is 10.6 Å². The Bertz CT molecular complexity index is 448. The fraction of sp³-hybridized carbons (Fsp3) is 0.429. The quantitative estimate of drug-likeness (QED) is 0.675. The molecular formula is C14H20N2O3S. The number of aliphatic carboxylic acids is 1. The number of hydrogen-bond donors (Lipinski definition) is 3. The van der Waals surface area contributed by atoms with Gasteiger partial charge in [-0.2, -0.15) is 0 Å². The average molecular weight is 296 g/mol. The van der Waals surface area contributed by atoms with Crippen molar-refractivity contribution in [3.05, 3.63) is 24.3 Å². The summed E-state index contributed by atoms with van der Waals surface area (Å²) in [5.41, 5.74) is 0.734. The topological polar surface area (TPSA) is 78.4 Å². The molecule has 0 bridgehead atoms. The minimum atomic E-state index is -0.810. The van der Waals surface area contributed by atoms with Crippen LogP contribution >= 0.6 is 11.8 Å². The molecule has 0 aliphatic rings. The normalized spacial score (nSPS) is 11.7. The third kappa shape index (κ3) is 6.47. The highest BCUT2D eigenvalue weighted by atomic mass is 32.2. The lowest BCUT2D eigenvalue weighted by Crippen LogP contribution is -2.36. The summed E-state index contributed by atoms with van der Waals surface area (Å²) in [6.45, 7) is 1.86. The molecule has 1 aromatic rings. The van der Waals surface area contributed by atoms with Gasteiger partial charge >= 0.3 is 12.0 Å². The highest BCUT2D eigenvalue weighted by molar-refractivity contribution is 7.98. The number of thioether (sulfide) groups is 1. The van der Waals surface area contributed by atoms with Crippen molar-refractivity contribution in [3.8, 4) is 0 Å². The van der Waals surface area contributed by atoms with Crippen LogP contribution in [-0.2, 0) is 4.79 Å². The fourth-order valence-corrected chi connectivity index (χ4v) is 2.11. The average Bonchev–Trinajstić information content (AvgIpc) is 2.38. The largest absolute Gasteiger partial charge is 0.481 e. The predicted octanol–water partition coefficient (Wildman–Crippen LogP) is 3.17. The van der Waals surface area contributed by atoms with Crippen LogP contribution in [0.25, 0.3) is 0 Å². The molecule has 1 aromatic carbocycles. The van der Waals surface area contributed by atoms with Gasteiger partial charge in [-0.25, -0.2) is 4.79 Å². The van der Waals surface area contributed by atoms with Crippen LogP contribution in [0, 0.1) is 0 Å². The Morgan fingerprint density at radius 2 is 1.95 bits per heavy atom. The van der Waals surface area contributed by atoms with Crippen LogP contribution in [-0.4, -0.2) is 29.4 Å². The summed E-state index contributed by atoms with van der Waals surface area (Å²) in [4.78, 5) is 23.3. The van der Waals surface area contributed by atoms with Gasteiger partial charge in [0.25, 0.3) is 0 Å². The molecule has 110 valence electrons. The zero-order chi connectivity index (χ0) is 15.0. The molecule has 0 aliphatic carbocycles. The third-order valence-electron chi connectivity index (χ3n) is 2.75. The second-order valence-electron chi connectivity index (χ2n) is 4.51. The maximum atomic E-state index is 11.7. The van der Waals surface area contributed by atoms with Crippen molar-refractivity contribution in [1.29, 1.82) is 0 Å². The maximum Gasteiger partial charge on any atom is 0.319 e. The minimum Gasteiger partial charge on any atom is -0.481 e. The van der Waals surface area contributed by atoms with Gasteiger partial charge in [0, 0.05) is 23.0 Å². The van der Waals surface area contributed by atoms with Gasteiger partial charge in [-0.3, -0.25) is 4.79 Å². The number of nitrogens with one attached hydrogen (secondary N) is 2. The second-order valence-corrected chi connectivity index (χ2v) is 5.39. The van der Waals surface area contributed by atoms with Gasteiger partial charge in [0.15, 0.2) is 0 Å². The highest BCUT2D eigenvalue weighted by Gasteiger charge is 2.08. The number of carboxylic acids is 1. The van der Waals surface area contributed by atoms with Crippen molar-refractivity contribution in [2.75, 3.05) is 11.6 Å². The zero-order valence-electron chi connectivity index (χ0n) is 11.7. The molecule has 0 fully saturated rings. The fourth-order valence-electron chi connectivity index (χ4n) is 1.70. The van der Waals surface area contributed by atoms with Crippen LogP contribution in [0.2, 0.25) is 0 Å². The molecule has 3 N–H and O–H groups in total. The zero-order valence-corrected chi connectivity index (χ0v) is 12.5. The lowest BCUT2D eigenvalue weighted by molar-refractivity contribution is -0.137. The number of hydrogen-bond acceptors (Lipinski definition) is 3. The van der Waals surface area contributed by atoms with E-state index in [0.29, 0.717) is 12.8 Å². The predicted molar refractivity (Wildman–Crippen MR) is 81.3 cm³/mol. The van der Waals surface area contributed by atoms with Crippen LogP contribution in [0.15, 0.2) is 29.2 Å². The van der Waals surface area contributed by atoms with E-state index in [1.54, 1.807) is 11.8 Å². The van der Waals surface area contributed by atoms with Gasteiger partial charge in [0.1, 0.15) is 0 Å². The summed E-state index contributed by atoms with van der Waals surface area (Å²) in [5, 5.41) is 14.1. The van der Waals surface area contributed by atoms with Crippen LogP contribution in [0.4, 0.5) is 10.5 Å². The molecule has 0 heterocycles. The Kier molecular flexibility index (Phi) is 6.93. The molecule has 2 amide bonds. The summed E-state index contributed by atoms with van der Waals surface area (Å²) in [5.74, 6) is -0.810. The molecule has 1 atom stereocenters. The number of carbonyl (C=O) groups is 2. The molecule has 0 aromatic heterocycles. The van der Waals surface area contributed by atoms with Crippen molar-refractivity contribution in [1.82, 2.24) is 5.32 Å². The summed E-state index contributed by atoms with van der Waals surface area (Å²) in [6, 6.07) is 7.25. The van der Waals surface area contributed by atoms with E-state index in [2.05, 4.69) is 10.6 Å².